The van der Waals surface area contributed by atoms with Crippen LogP contribution < -0.4 is 10.9 Å². The fourth-order valence-electron chi connectivity index (χ4n) is 3.88. The summed E-state index contributed by atoms with van der Waals surface area (Å²) in [6.45, 7) is 4.37. The number of rotatable bonds is 4. The fraction of sp³-hybridized carbons (Fsp3) is 0.684. The zero-order valence-corrected chi connectivity index (χ0v) is 15.6. The summed E-state index contributed by atoms with van der Waals surface area (Å²) in [7, 11) is 0. The summed E-state index contributed by atoms with van der Waals surface area (Å²) in [6.07, 6.45) is 8.52. The van der Waals surface area contributed by atoms with Crippen molar-refractivity contribution in [2.45, 2.75) is 76.8 Å². The highest BCUT2D eigenvalue weighted by atomic mass is 16.2. The summed E-state index contributed by atoms with van der Waals surface area (Å²) in [5, 5.41) is 2.84. The summed E-state index contributed by atoms with van der Waals surface area (Å²) in [5.41, 5.74) is -0.444. The molecule has 7 nitrogen and oxygen atoms in total. The molecule has 142 valence electrons. The third kappa shape index (κ3) is 4.14. The molecular weight excluding hydrogens is 332 g/mol. The summed E-state index contributed by atoms with van der Waals surface area (Å²) >= 11 is 0. The number of nitrogens with zero attached hydrogens (tertiary/aromatic N) is 2. The van der Waals surface area contributed by atoms with Gasteiger partial charge in [-0.25, -0.2) is 4.98 Å². The van der Waals surface area contributed by atoms with E-state index >= 15 is 0 Å². The van der Waals surface area contributed by atoms with Crippen molar-refractivity contribution >= 4 is 11.8 Å². The van der Waals surface area contributed by atoms with Gasteiger partial charge in [0.2, 0.25) is 5.91 Å². The smallest absolute Gasteiger partial charge is 0.263 e. The lowest BCUT2D eigenvalue weighted by atomic mass is 10.1. The maximum absolute atomic E-state index is 12.4. The third-order valence-electron chi connectivity index (χ3n) is 5.37. The molecule has 2 heterocycles. The number of aromatic nitrogens is 2. The van der Waals surface area contributed by atoms with Gasteiger partial charge in [0.05, 0.1) is 6.04 Å². The fourth-order valence-corrected chi connectivity index (χ4v) is 3.88. The third-order valence-corrected chi connectivity index (χ3v) is 5.37. The average molecular weight is 360 g/mol. The van der Waals surface area contributed by atoms with E-state index in [1.165, 1.54) is 19.0 Å². The number of aromatic amines is 1. The predicted molar refractivity (Wildman–Crippen MR) is 98.0 cm³/mol. The molecule has 7 heteroatoms. The van der Waals surface area contributed by atoms with E-state index in [0.29, 0.717) is 24.8 Å². The van der Waals surface area contributed by atoms with Crippen LogP contribution in [0.2, 0.25) is 0 Å². The summed E-state index contributed by atoms with van der Waals surface area (Å²) in [6, 6.07) is 0.0460. The number of carbonyl (C=O) groups excluding carboxylic acids is 2. The molecule has 0 aromatic carbocycles. The topological polar surface area (TPSA) is 95.2 Å². The lowest BCUT2D eigenvalue weighted by Crippen LogP contribution is -2.41. The van der Waals surface area contributed by atoms with Crippen LogP contribution in [0.3, 0.4) is 0 Å². The van der Waals surface area contributed by atoms with E-state index in [0.717, 1.165) is 25.7 Å². The van der Waals surface area contributed by atoms with Gasteiger partial charge in [-0.2, -0.15) is 0 Å². The molecule has 1 aromatic rings. The van der Waals surface area contributed by atoms with Gasteiger partial charge in [-0.05, 0) is 12.8 Å². The number of H-pyrrole nitrogens is 1. The summed E-state index contributed by atoms with van der Waals surface area (Å²) < 4.78 is 0. The summed E-state index contributed by atoms with van der Waals surface area (Å²) in [5.74, 6) is 0.279. The molecule has 2 aliphatic rings. The van der Waals surface area contributed by atoms with Crippen molar-refractivity contribution in [3.05, 3.63) is 27.9 Å². The number of carbonyl (C=O) groups is 2. The Hall–Kier alpha value is -2.18. The maximum Gasteiger partial charge on any atom is 0.263 e. The van der Waals surface area contributed by atoms with E-state index in [1.54, 1.807) is 0 Å². The van der Waals surface area contributed by atoms with E-state index in [2.05, 4.69) is 15.3 Å². The van der Waals surface area contributed by atoms with Gasteiger partial charge in [-0.3, -0.25) is 14.4 Å². The highest BCUT2D eigenvalue weighted by Crippen LogP contribution is 2.25. The molecule has 2 N–H and O–H groups in total. The van der Waals surface area contributed by atoms with Crippen LogP contribution in [-0.2, 0) is 4.79 Å². The lowest BCUT2D eigenvalue weighted by Gasteiger charge is -2.27. The van der Waals surface area contributed by atoms with E-state index in [4.69, 9.17) is 0 Å². The number of amides is 2. The first-order valence-corrected chi connectivity index (χ1v) is 9.65. The van der Waals surface area contributed by atoms with Crippen molar-refractivity contribution < 1.29 is 9.59 Å². The van der Waals surface area contributed by atoms with E-state index in [-0.39, 0.29) is 23.4 Å². The van der Waals surface area contributed by atoms with Crippen LogP contribution >= 0.6 is 0 Å². The minimum atomic E-state index is -0.463. The van der Waals surface area contributed by atoms with Crippen molar-refractivity contribution in [3.8, 4) is 0 Å². The molecular formula is C19H28N4O3. The predicted octanol–water partition coefficient (Wildman–Crippen LogP) is 1.95. The molecule has 1 saturated carbocycles. The van der Waals surface area contributed by atoms with Crippen LogP contribution in [0.4, 0.5) is 0 Å². The lowest BCUT2D eigenvalue weighted by molar-refractivity contribution is -0.129. The largest absolute Gasteiger partial charge is 0.347 e. The minimum Gasteiger partial charge on any atom is -0.347 e. The van der Waals surface area contributed by atoms with Crippen molar-refractivity contribution in [3.63, 3.8) is 0 Å². The zero-order valence-electron chi connectivity index (χ0n) is 15.6. The second kappa shape index (κ2) is 8.01. The molecule has 2 fully saturated rings. The number of likely N-dealkylation sites (tertiary alicyclic amines) is 1. The van der Waals surface area contributed by atoms with E-state index < -0.39 is 11.5 Å². The monoisotopic (exact) mass is 360 g/mol. The zero-order chi connectivity index (χ0) is 18.7. The van der Waals surface area contributed by atoms with Gasteiger partial charge in [-0.15, -0.1) is 0 Å². The van der Waals surface area contributed by atoms with Crippen LogP contribution in [0.25, 0.3) is 0 Å². The second-order valence-electron chi connectivity index (χ2n) is 7.73. The number of hydrogen-bond acceptors (Lipinski definition) is 4. The highest BCUT2D eigenvalue weighted by Gasteiger charge is 2.35. The van der Waals surface area contributed by atoms with Gasteiger partial charge in [0.1, 0.15) is 11.4 Å². The molecule has 1 atom stereocenters. The molecule has 0 radical (unpaired) electrons. The Kier molecular flexibility index (Phi) is 5.74. The Morgan fingerprint density at radius 3 is 2.54 bits per heavy atom. The number of hydrogen-bond donors (Lipinski definition) is 2. The maximum atomic E-state index is 12.4. The quantitative estimate of drug-likeness (QED) is 0.802. The molecule has 1 saturated heterocycles. The van der Waals surface area contributed by atoms with Gasteiger partial charge in [0, 0.05) is 31.1 Å². The average Bonchev–Trinajstić information content (AvgIpc) is 2.80. The molecule has 2 amide bonds. The van der Waals surface area contributed by atoms with Crippen LogP contribution in [0.1, 0.15) is 80.9 Å². The standard InChI is InChI=1S/C19H28N4O3/c1-12(2)17-20-10-15(19(26)22-17)18(25)21-13-9-16(24)23(11-13)14-7-5-3-4-6-8-14/h10,12-14H,3-9,11H2,1-2H3,(H,21,25)(H,20,22,26). The van der Waals surface area contributed by atoms with Gasteiger partial charge in [0.15, 0.2) is 0 Å². The van der Waals surface area contributed by atoms with Crippen LogP contribution in [-0.4, -0.2) is 45.3 Å². The van der Waals surface area contributed by atoms with Crippen LogP contribution in [0.5, 0.6) is 0 Å². The molecule has 3 rings (SSSR count). The Labute approximate surface area is 153 Å². The van der Waals surface area contributed by atoms with Crippen molar-refractivity contribution in [1.82, 2.24) is 20.2 Å². The first-order chi connectivity index (χ1) is 12.5. The molecule has 26 heavy (non-hydrogen) atoms. The van der Waals surface area contributed by atoms with E-state index in [1.807, 2.05) is 18.7 Å². The highest BCUT2D eigenvalue weighted by molar-refractivity contribution is 5.94. The second-order valence-corrected chi connectivity index (χ2v) is 7.73. The molecule has 1 unspecified atom stereocenters. The van der Waals surface area contributed by atoms with Gasteiger partial charge in [-0.1, -0.05) is 39.5 Å². The Morgan fingerprint density at radius 2 is 1.92 bits per heavy atom. The van der Waals surface area contributed by atoms with Crippen LogP contribution in [0.15, 0.2) is 11.0 Å². The summed E-state index contributed by atoms with van der Waals surface area (Å²) in [4.78, 5) is 45.7. The first-order valence-electron chi connectivity index (χ1n) is 9.65. The first kappa shape index (κ1) is 18.6. The normalized spacial score (nSPS) is 21.9. The minimum absolute atomic E-state index is 0.00485. The van der Waals surface area contributed by atoms with Crippen molar-refractivity contribution in [2.24, 2.45) is 0 Å². The molecule has 1 aliphatic carbocycles. The Balaban J connectivity index is 1.63. The van der Waals surface area contributed by atoms with Gasteiger partial charge in [0.25, 0.3) is 11.5 Å². The molecule has 1 aromatic heterocycles. The van der Waals surface area contributed by atoms with Gasteiger partial charge < -0.3 is 15.2 Å². The Morgan fingerprint density at radius 1 is 1.23 bits per heavy atom. The van der Waals surface area contributed by atoms with E-state index in [9.17, 15) is 14.4 Å². The molecule has 0 spiro atoms. The van der Waals surface area contributed by atoms with Gasteiger partial charge >= 0.3 is 0 Å². The van der Waals surface area contributed by atoms with Crippen molar-refractivity contribution in [1.29, 1.82) is 0 Å². The SMILES string of the molecule is CC(C)c1ncc(C(=O)NC2CC(=O)N(C3CCCCCC3)C2)c(=O)[nH]1. The Bertz CT molecular complexity index is 720. The number of nitrogens with one attached hydrogen (secondary N) is 2. The van der Waals surface area contributed by atoms with Crippen molar-refractivity contribution in [2.75, 3.05) is 6.54 Å². The molecule has 1 aliphatic heterocycles. The van der Waals surface area contributed by atoms with Crippen LogP contribution in [0, 0.1) is 0 Å². The molecule has 0 bridgehead atoms.